The van der Waals surface area contributed by atoms with Crippen LogP contribution in [0.4, 0.5) is 0 Å². The van der Waals surface area contributed by atoms with Crippen LogP contribution in [0.15, 0.2) is 45.4 Å². The molecule has 1 nitrogen and oxygen atoms in total. The molecule has 0 heterocycles. The zero-order chi connectivity index (χ0) is 9.10. The van der Waals surface area contributed by atoms with Crippen LogP contribution in [0.2, 0.25) is 0 Å². The quantitative estimate of drug-likeness (QED) is 0.645. The zero-order valence-corrected chi connectivity index (χ0v) is 8.28. The van der Waals surface area contributed by atoms with E-state index in [1.54, 1.807) is 0 Å². The molecule has 67 valence electrons. The standard InChI is InChI=1S/2C5H5.CN.Fe/c2*1-2-4-5-3-1;1-2;/h2*1-3H,4H2;;. The first kappa shape index (κ1) is 8.56. The molecule has 13 heavy (non-hydrogen) atoms. The van der Waals surface area contributed by atoms with Crippen LogP contribution in [0.3, 0.4) is 0 Å². The van der Waals surface area contributed by atoms with Gasteiger partial charge in [-0.1, -0.05) is 0 Å². The monoisotopic (exact) mass is 212 g/mol. The van der Waals surface area contributed by atoms with Crippen LogP contribution in [0, 0.1) is 10.2 Å². The zero-order valence-electron chi connectivity index (χ0n) is 7.18. The molecule has 0 unspecified atom stereocenters. The fraction of sp³-hybridized carbons (Fsp3) is 0.182. The Hall–Kier alpha value is -1.03. The van der Waals surface area contributed by atoms with Crippen molar-refractivity contribution in [3.05, 3.63) is 45.4 Å². The van der Waals surface area contributed by atoms with Crippen molar-refractivity contribution in [1.29, 1.82) is 5.26 Å². The number of allylic oxidation sites excluding steroid dienone is 8. The van der Waals surface area contributed by atoms with Crippen LogP contribution < -0.4 is 0 Å². The Labute approximate surface area is 82.6 Å². The van der Waals surface area contributed by atoms with Crippen LogP contribution in [0.25, 0.3) is 0 Å². The number of hydrogen-bond acceptors (Lipinski definition) is 1. The summed E-state index contributed by atoms with van der Waals surface area (Å²) in [7, 11) is 0. The molecule has 0 amide bonds. The van der Waals surface area contributed by atoms with Crippen molar-refractivity contribution < 1.29 is 13.9 Å². The number of hydrogen-bond donors (Lipinski definition) is 0. The Morgan fingerprint density at radius 3 is 1.92 bits per heavy atom. The molecule has 0 atom stereocenters. The SMILES string of the molecule is N#[C][Fe]([C]1=CC=CC1)[C]1=CC=CC1. The Kier molecular flexibility index (Phi) is 2.49. The van der Waals surface area contributed by atoms with E-state index < -0.39 is 13.9 Å². The molecular formula is C11H10FeN. The predicted molar refractivity (Wildman–Crippen MR) is 49.3 cm³/mol. The van der Waals surface area contributed by atoms with Gasteiger partial charge in [0, 0.05) is 0 Å². The second-order valence-electron chi connectivity index (χ2n) is 2.80. The summed E-state index contributed by atoms with van der Waals surface area (Å²) in [5.41, 5.74) is 0. The molecule has 0 bridgehead atoms. The summed E-state index contributed by atoms with van der Waals surface area (Å²) in [5.74, 6) is 0. The maximum atomic E-state index is 9.10. The number of nitrogens with zero attached hydrogens (tertiary/aromatic N) is 1. The van der Waals surface area contributed by atoms with Crippen LogP contribution >= 0.6 is 0 Å². The van der Waals surface area contributed by atoms with E-state index in [0.29, 0.717) is 0 Å². The number of rotatable bonds is 2. The second kappa shape index (κ2) is 3.79. The molecule has 2 aliphatic carbocycles. The molecule has 0 radical (unpaired) electrons. The normalized spacial score (nSPS) is 19.8. The minimum absolute atomic E-state index is 0.847. The van der Waals surface area contributed by atoms with Crippen molar-refractivity contribution in [2.24, 2.45) is 0 Å². The van der Waals surface area contributed by atoms with E-state index in [1.807, 2.05) is 0 Å². The van der Waals surface area contributed by atoms with Gasteiger partial charge in [0.1, 0.15) is 0 Å². The molecule has 0 N–H and O–H groups in total. The Balaban J connectivity index is 2.15. The Bertz CT molecular complexity index is 336. The third kappa shape index (κ3) is 1.67. The molecule has 0 aromatic carbocycles. The van der Waals surface area contributed by atoms with Gasteiger partial charge in [-0.05, 0) is 0 Å². The first-order valence-corrected chi connectivity index (χ1v) is 5.84. The fourth-order valence-corrected chi connectivity index (χ4v) is 3.41. The summed E-state index contributed by atoms with van der Waals surface area (Å²) in [6, 6.07) is 0. The van der Waals surface area contributed by atoms with Gasteiger partial charge in [-0.2, -0.15) is 0 Å². The van der Waals surface area contributed by atoms with Gasteiger partial charge in [0.2, 0.25) is 0 Å². The van der Waals surface area contributed by atoms with Gasteiger partial charge in [-0.25, -0.2) is 0 Å². The Morgan fingerprint density at radius 2 is 1.62 bits per heavy atom. The van der Waals surface area contributed by atoms with E-state index in [-0.39, 0.29) is 0 Å². The van der Waals surface area contributed by atoms with Gasteiger partial charge in [-0.3, -0.25) is 0 Å². The summed E-state index contributed by atoms with van der Waals surface area (Å²) < 4.78 is 2.63. The van der Waals surface area contributed by atoms with Crippen molar-refractivity contribution in [3.63, 3.8) is 0 Å². The van der Waals surface area contributed by atoms with Crippen molar-refractivity contribution in [2.75, 3.05) is 0 Å². The van der Waals surface area contributed by atoms with Crippen LogP contribution in [-0.4, -0.2) is 0 Å². The molecule has 0 fully saturated rings. The van der Waals surface area contributed by atoms with E-state index >= 15 is 0 Å². The summed E-state index contributed by atoms with van der Waals surface area (Å²) in [6.45, 7) is 0. The molecule has 2 heteroatoms. The first-order valence-electron chi connectivity index (χ1n) is 4.19. The number of nitriles is 1. The molecule has 0 aromatic heterocycles. The molecule has 0 saturated carbocycles. The fourth-order valence-electron chi connectivity index (χ4n) is 1.34. The molecule has 0 aliphatic heterocycles. The molecule has 2 aliphatic rings. The van der Waals surface area contributed by atoms with Crippen molar-refractivity contribution in [3.8, 4) is 4.97 Å². The van der Waals surface area contributed by atoms with Crippen molar-refractivity contribution >= 4 is 0 Å². The van der Waals surface area contributed by atoms with Crippen molar-refractivity contribution in [1.82, 2.24) is 0 Å². The van der Waals surface area contributed by atoms with Crippen LogP contribution in [-0.2, 0) is 13.9 Å². The van der Waals surface area contributed by atoms with Crippen LogP contribution in [0.1, 0.15) is 12.8 Å². The summed E-state index contributed by atoms with van der Waals surface area (Å²) in [6.07, 6.45) is 14.5. The van der Waals surface area contributed by atoms with Gasteiger partial charge in [0.05, 0.1) is 0 Å². The van der Waals surface area contributed by atoms with Gasteiger partial charge >= 0.3 is 82.4 Å². The molecule has 0 aromatic rings. The molecule has 0 saturated heterocycles. The summed E-state index contributed by atoms with van der Waals surface area (Å²) in [5, 5.41) is 9.10. The van der Waals surface area contributed by atoms with Gasteiger partial charge in [-0.15, -0.1) is 0 Å². The van der Waals surface area contributed by atoms with Gasteiger partial charge in [0.15, 0.2) is 0 Å². The Morgan fingerprint density at radius 1 is 1.08 bits per heavy atom. The van der Waals surface area contributed by atoms with Crippen molar-refractivity contribution in [2.45, 2.75) is 12.8 Å². The van der Waals surface area contributed by atoms with Gasteiger partial charge in [0.25, 0.3) is 0 Å². The summed E-state index contributed by atoms with van der Waals surface area (Å²) in [4.78, 5) is 2.45. The summed E-state index contributed by atoms with van der Waals surface area (Å²) >= 11 is -0.847. The maximum absolute atomic E-state index is 9.10. The molecule has 0 spiro atoms. The van der Waals surface area contributed by atoms with E-state index in [2.05, 4.69) is 41.4 Å². The minimum atomic E-state index is -0.847. The van der Waals surface area contributed by atoms with Crippen LogP contribution in [0.5, 0.6) is 0 Å². The molecular weight excluding hydrogens is 202 g/mol. The van der Waals surface area contributed by atoms with E-state index in [0.717, 1.165) is 12.8 Å². The second-order valence-corrected chi connectivity index (χ2v) is 5.30. The van der Waals surface area contributed by atoms with E-state index in [9.17, 15) is 0 Å². The first-order chi connectivity index (χ1) is 6.42. The van der Waals surface area contributed by atoms with Gasteiger partial charge < -0.3 is 0 Å². The topological polar surface area (TPSA) is 23.8 Å². The van der Waals surface area contributed by atoms with E-state index in [1.165, 1.54) is 8.94 Å². The van der Waals surface area contributed by atoms with E-state index in [4.69, 9.17) is 5.26 Å². The average Bonchev–Trinajstić information content (AvgIpc) is 2.76. The third-order valence-electron chi connectivity index (χ3n) is 1.97. The average molecular weight is 212 g/mol. The third-order valence-corrected chi connectivity index (χ3v) is 4.45. The molecule has 2 rings (SSSR count). The predicted octanol–water partition coefficient (Wildman–Crippen LogP) is 2.77.